The fourth-order valence-corrected chi connectivity index (χ4v) is 2.37. The summed E-state index contributed by atoms with van der Waals surface area (Å²) in [6.45, 7) is 1.10. The second-order valence-electron chi connectivity index (χ2n) is 3.97. The van der Waals surface area contributed by atoms with Gasteiger partial charge in [-0.2, -0.15) is 11.8 Å². The lowest BCUT2D eigenvalue weighted by atomic mass is 10.2. The summed E-state index contributed by atoms with van der Waals surface area (Å²) in [5.41, 5.74) is 7.78. The number of nitrogens with two attached hydrogens (primary N) is 1. The molecule has 0 saturated carbocycles. The lowest BCUT2D eigenvalue weighted by Crippen LogP contribution is -2.14. The van der Waals surface area contributed by atoms with Gasteiger partial charge in [-0.3, -0.25) is 0 Å². The van der Waals surface area contributed by atoms with Crippen LogP contribution in [0.25, 0.3) is 0 Å². The van der Waals surface area contributed by atoms with E-state index >= 15 is 0 Å². The quantitative estimate of drug-likeness (QED) is 0.610. The fourth-order valence-electron chi connectivity index (χ4n) is 1.32. The SMILES string of the molecule is COc1cc(N)cc(CSCCN(C)C)c1. The van der Waals surface area contributed by atoms with Crippen LogP contribution in [0.15, 0.2) is 18.2 Å². The second-order valence-corrected chi connectivity index (χ2v) is 5.08. The maximum Gasteiger partial charge on any atom is 0.121 e. The topological polar surface area (TPSA) is 38.5 Å². The molecule has 1 aromatic carbocycles. The Balaban J connectivity index is 2.44. The Bertz CT molecular complexity index is 329. The largest absolute Gasteiger partial charge is 0.497 e. The number of ether oxygens (including phenoxy) is 1. The zero-order valence-corrected chi connectivity index (χ0v) is 11.0. The third kappa shape index (κ3) is 4.77. The molecule has 0 fully saturated rings. The number of hydrogen-bond acceptors (Lipinski definition) is 4. The summed E-state index contributed by atoms with van der Waals surface area (Å²) in [6.07, 6.45) is 0. The maximum atomic E-state index is 5.79. The summed E-state index contributed by atoms with van der Waals surface area (Å²) in [5, 5.41) is 0. The smallest absolute Gasteiger partial charge is 0.121 e. The fraction of sp³-hybridized carbons (Fsp3) is 0.500. The van der Waals surface area contributed by atoms with Gasteiger partial charge in [0.1, 0.15) is 5.75 Å². The molecule has 0 aliphatic carbocycles. The molecule has 0 amide bonds. The summed E-state index contributed by atoms with van der Waals surface area (Å²) in [7, 11) is 5.84. The van der Waals surface area contributed by atoms with Gasteiger partial charge in [-0.05, 0) is 31.8 Å². The van der Waals surface area contributed by atoms with E-state index in [1.54, 1.807) is 7.11 Å². The van der Waals surface area contributed by atoms with Crippen molar-refractivity contribution in [1.29, 1.82) is 0 Å². The van der Waals surface area contributed by atoms with Crippen molar-refractivity contribution in [1.82, 2.24) is 4.90 Å². The average Bonchev–Trinajstić information content (AvgIpc) is 2.23. The molecule has 1 rings (SSSR count). The van der Waals surface area contributed by atoms with E-state index in [0.29, 0.717) is 0 Å². The first-order chi connectivity index (χ1) is 7.61. The van der Waals surface area contributed by atoms with Gasteiger partial charge in [-0.25, -0.2) is 0 Å². The van der Waals surface area contributed by atoms with E-state index in [1.807, 2.05) is 30.0 Å². The van der Waals surface area contributed by atoms with Gasteiger partial charge in [0, 0.05) is 29.8 Å². The van der Waals surface area contributed by atoms with Gasteiger partial charge in [0.2, 0.25) is 0 Å². The predicted octanol–water partition coefficient (Wildman–Crippen LogP) is 2.07. The Morgan fingerprint density at radius 2 is 2.06 bits per heavy atom. The average molecular weight is 240 g/mol. The molecule has 16 heavy (non-hydrogen) atoms. The van der Waals surface area contributed by atoms with Crippen molar-refractivity contribution in [2.75, 3.05) is 39.2 Å². The van der Waals surface area contributed by atoms with Crippen LogP contribution in [-0.4, -0.2) is 38.4 Å². The van der Waals surface area contributed by atoms with E-state index < -0.39 is 0 Å². The molecule has 0 aliphatic rings. The molecule has 0 radical (unpaired) electrons. The Hall–Kier alpha value is -0.870. The van der Waals surface area contributed by atoms with Crippen LogP contribution in [-0.2, 0) is 5.75 Å². The minimum atomic E-state index is 0.766. The minimum absolute atomic E-state index is 0.766. The standard InChI is InChI=1S/C12H20N2OS/c1-14(2)4-5-16-9-10-6-11(13)8-12(7-10)15-3/h6-8H,4-5,9,13H2,1-3H3. The molecule has 2 N–H and O–H groups in total. The zero-order chi connectivity index (χ0) is 12.0. The Labute approximate surface area is 102 Å². The van der Waals surface area contributed by atoms with E-state index in [2.05, 4.69) is 19.0 Å². The molecule has 0 saturated heterocycles. The van der Waals surface area contributed by atoms with Crippen molar-refractivity contribution >= 4 is 17.4 Å². The van der Waals surface area contributed by atoms with Gasteiger partial charge in [0.15, 0.2) is 0 Å². The highest BCUT2D eigenvalue weighted by atomic mass is 32.2. The normalized spacial score (nSPS) is 10.8. The third-order valence-corrected chi connectivity index (χ3v) is 3.18. The van der Waals surface area contributed by atoms with Crippen LogP contribution in [0.5, 0.6) is 5.75 Å². The molecule has 3 nitrogen and oxygen atoms in total. The predicted molar refractivity (Wildman–Crippen MR) is 72.1 cm³/mol. The van der Waals surface area contributed by atoms with Crippen molar-refractivity contribution in [2.45, 2.75) is 5.75 Å². The monoisotopic (exact) mass is 240 g/mol. The molecular weight excluding hydrogens is 220 g/mol. The van der Waals surface area contributed by atoms with Crippen LogP contribution in [0.2, 0.25) is 0 Å². The number of benzene rings is 1. The highest BCUT2D eigenvalue weighted by molar-refractivity contribution is 7.98. The first-order valence-electron chi connectivity index (χ1n) is 5.27. The van der Waals surface area contributed by atoms with Crippen molar-refractivity contribution in [3.63, 3.8) is 0 Å². The number of anilines is 1. The molecular formula is C12H20N2OS. The summed E-state index contributed by atoms with van der Waals surface area (Å²) in [4.78, 5) is 2.19. The zero-order valence-electron chi connectivity index (χ0n) is 10.2. The highest BCUT2D eigenvalue weighted by Gasteiger charge is 2.00. The molecule has 0 spiro atoms. The molecule has 0 heterocycles. The summed E-state index contributed by atoms with van der Waals surface area (Å²) in [6, 6.07) is 5.89. The maximum absolute atomic E-state index is 5.79. The van der Waals surface area contributed by atoms with Gasteiger partial charge in [-0.15, -0.1) is 0 Å². The number of rotatable bonds is 6. The summed E-state index contributed by atoms with van der Waals surface area (Å²) >= 11 is 1.91. The van der Waals surface area contributed by atoms with Crippen LogP contribution in [0.3, 0.4) is 0 Å². The summed E-state index contributed by atoms with van der Waals surface area (Å²) in [5.74, 6) is 2.95. The van der Waals surface area contributed by atoms with Crippen molar-refractivity contribution in [3.8, 4) is 5.75 Å². The van der Waals surface area contributed by atoms with E-state index in [0.717, 1.165) is 29.5 Å². The van der Waals surface area contributed by atoms with Gasteiger partial charge < -0.3 is 15.4 Å². The Morgan fingerprint density at radius 3 is 2.69 bits per heavy atom. The van der Waals surface area contributed by atoms with Crippen LogP contribution in [0.4, 0.5) is 5.69 Å². The van der Waals surface area contributed by atoms with E-state index in [-0.39, 0.29) is 0 Å². The lowest BCUT2D eigenvalue weighted by Gasteiger charge is -2.09. The molecule has 0 unspecified atom stereocenters. The van der Waals surface area contributed by atoms with E-state index in [9.17, 15) is 0 Å². The minimum Gasteiger partial charge on any atom is -0.497 e. The van der Waals surface area contributed by atoms with Crippen LogP contribution < -0.4 is 10.5 Å². The van der Waals surface area contributed by atoms with Crippen molar-refractivity contribution < 1.29 is 4.74 Å². The van der Waals surface area contributed by atoms with Crippen LogP contribution in [0, 0.1) is 0 Å². The first kappa shape index (κ1) is 13.2. The highest BCUT2D eigenvalue weighted by Crippen LogP contribution is 2.21. The Kier molecular flexibility index (Phi) is 5.49. The van der Waals surface area contributed by atoms with Crippen LogP contribution >= 0.6 is 11.8 Å². The van der Waals surface area contributed by atoms with E-state index in [4.69, 9.17) is 10.5 Å². The third-order valence-electron chi connectivity index (χ3n) is 2.18. The molecule has 0 aliphatic heterocycles. The Morgan fingerprint density at radius 1 is 1.31 bits per heavy atom. The number of methoxy groups -OCH3 is 1. The number of hydrogen-bond donors (Lipinski definition) is 1. The van der Waals surface area contributed by atoms with Crippen molar-refractivity contribution in [2.24, 2.45) is 0 Å². The lowest BCUT2D eigenvalue weighted by molar-refractivity contribution is 0.414. The van der Waals surface area contributed by atoms with Crippen LogP contribution in [0.1, 0.15) is 5.56 Å². The van der Waals surface area contributed by atoms with Gasteiger partial charge in [-0.1, -0.05) is 0 Å². The summed E-state index contributed by atoms with van der Waals surface area (Å²) < 4.78 is 5.18. The first-order valence-corrected chi connectivity index (χ1v) is 6.43. The number of nitrogen functional groups attached to an aromatic ring is 1. The molecule has 0 bridgehead atoms. The molecule has 4 heteroatoms. The van der Waals surface area contributed by atoms with Gasteiger partial charge in [0.25, 0.3) is 0 Å². The molecule has 90 valence electrons. The van der Waals surface area contributed by atoms with Gasteiger partial charge in [0.05, 0.1) is 7.11 Å². The molecule has 0 aromatic heterocycles. The van der Waals surface area contributed by atoms with E-state index in [1.165, 1.54) is 5.56 Å². The second kappa shape index (κ2) is 6.66. The van der Waals surface area contributed by atoms with Gasteiger partial charge >= 0.3 is 0 Å². The number of thioether (sulfide) groups is 1. The number of nitrogens with zero attached hydrogens (tertiary/aromatic N) is 1. The van der Waals surface area contributed by atoms with Crippen molar-refractivity contribution in [3.05, 3.63) is 23.8 Å². The molecule has 1 aromatic rings. The molecule has 0 atom stereocenters.